The van der Waals surface area contributed by atoms with E-state index in [1.165, 1.54) is 6.08 Å². The molecule has 2 N–H and O–H groups in total. The van der Waals surface area contributed by atoms with Gasteiger partial charge in [0.15, 0.2) is 0 Å². The van der Waals surface area contributed by atoms with Crippen LogP contribution in [0.25, 0.3) is 6.08 Å². The summed E-state index contributed by atoms with van der Waals surface area (Å²) in [6, 6.07) is 14.6. The lowest BCUT2D eigenvalue weighted by Gasteiger charge is -2.21. The first-order chi connectivity index (χ1) is 13.1. The van der Waals surface area contributed by atoms with Crippen LogP contribution >= 0.6 is 0 Å². The highest BCUT2D eigenvalue weighted by Crippen LogP contribution is 2.18. The highest BCUT2D eigenvalue weighted by atomic mass is 16.5. The minimum absolute atomic E-state index is 0.375. The zero-order valence-corrected chi connectivity index (χ0v) is 15.9. The summed E-state index contributed by atoms with van der Waals surface area (Å²) in [7, 11) is 1.57. The van der Waals surface area contributed by atoms with Crippen molar-refractivity contribution in [2.45, 2.75) is 13.8 Å². The first-order valence-corrected chi connectivity index (χ1v) is 8.85. The molecular weight excluding hydrogens is 342 g/mol. The van der Waals surface area contributed by atoms with Crippen LogP contribution in [0.15, 0.2) is 54.6 Å². The minimum atomic E-state index is -0.436. The van der Waals surface area contributed by atoms with Crippen molar-refractivity contribution in [2.24, 2.45) is 0 Å². The number of nitrogens with one attached hydrogen (secondary N) is 2. The average Bonchev–Trinajstić information content (AvgIpc) is 2.72. The molecule has 2 amide bonds. The van der Waals surface area contributed by atoms with E-state index >= 15 is 0 Å². The van der Waals surface area contributed by atoms with Crippen molar-refractivity contribution in [3.63, 3.8) is 0 Å². The second-order valence-corrected chi connectivity index (χ2v) is 5.74. The van der Waals surface area contributed by atoms with Gasteiger partial charge >= 0.3 is 0 Å². The molecule has 2 aromatic carbocycles. The second-order valence-electron chi connectivity index (χ2n) is 5.74. The Bertz CT molecular complexity index is 797. The number of hydrogen-bond acceptors (Lipinski definition) is 4. The third-order valence-corrected chi connectivity index (χ3v) is 4.11. The number of hydrogen-bond donors (Lipinski definition) is 2. The van der Waals surface area contributed by atoms with Gasteiger partial charge in [0.25, 0.3) is 11.8 Å². The number of ether oxygens (including phenoxy) is 1. The van der Waals surface area contributed by atoms with Gasteiger partial charge < -0.3 is 9.64 Å². The van der Waals surface area contributed by atoms with Crippen LogP contribution in [0.3, 0.4) is 0 Å². The topological polar surface area (TPSA) is 70.7 Å². The Morgan fingerprint density at radius 1 is 1.00 bits per heavy atom. The average molecular weight is 367 g/mol. The van der Waals surface area contributed by atoms with Crippen LogP contribution in [0.1, 0.15) is 29.8 Å². The van der Waals surface area contributed by atoms with Gasteiger partial charge in [-0.1, -0.05) is 18.2 Å². The van der Waals surface area contributed by atoms with E-state index in [4.69, 9.17) is 4.74 Å². The maximum Gasteiger partial charge on any atom is 0.269 e. The van der Waals surface area contributed by atoms with Crippen molar-refractivity contribution in [2.75, 3.05) is 25.1 Å². The molecule has 6 nitrogen and oxygen atoms in total. The van der Waals surface area contributed by atoms with E-state index in [-0.39, 0.29) is 5.91 Å². The highest BCUT2D eigenvalue weighted by molar-refractivity contribution is 5.98. The first kappa shape index (κ1) is 20.0. The molecule has 0 saturated carbocycles. The molecule has 0 heterocycles. The molecule has 0 aromatic heterocycles. The predicted molar refractivity (Wildman–Crippen MR) is 108 cm³/mol. The molecule has 6 heteroatoms. The molecule has 0 aliphatic rings. The SMILES string of the molecule is CCN(CC)c1ccc(C(=O)NNC(=O)/C=C/c2ccccc2OC)cc1. The fourth-order valence-electron chi connectivity index (χ4n) is 2.61. The molecule has 142 valence electrons. The molecule has 27 heavy (non-hydrogen) atoms. The second kappa shape index (κ2) is 10.0. The third-order valence-electron chi connectivity index (χ3n) is 4.11. The van der Waals surface area contributed by atoms with Gasteiger partial charge in [0, 0.05) is 36.0 Å². The third kappa shape index (κ3) is 5.60. The largest absolute Gasteiger partial charge is 0.496 e. The van der Waals surface area contributed by atoms with Crippen LogP contribution < -0.4 is 20.5 Å². The number of rotatable bonds is 7. The van der Waals surface area contributed by atoms with Crippen LogP contribution in [-0.4, -0.2) is 32.0 Å². The molecule has 0 fully saturated rings. The van der Waals surface area contributed by atoms with Gasteiger partial charge in [-0.3, -0.25) is 20.4 Å². The zero-order chi connectivity index (χ0) is 19.6. The summed E-state index contributed by atoms with van der Waals surface area (Å²) in [5.74, 6) is -0.145. The van der Waals surface area contributed by atoms with Crippen LogP contribution in [-0.2, 0) is 4.79 Å². The van der Waals surface area contributed by atoms with E-state index < -0.39 is 5.91 Å². The normalized spacial score (nSPS) is 10.5. The van der Waals surface area contributed by atoms with Crippen molar-refractivity contribution < 1.29 is 14.3 Å². The standard InChI is InChI=1S/C21H25N3O3/c1-4-24(5-2)18-13-10-17(11-14-18)21(26)23-22-20(25)15-12-16-8-6-7-9-19(16)27-3/h6-15H,4-5H2,1-3H3,(H,22,25)(H,23,26)/b15-12+. The molecule has 0 atom stereocenters. The van der Waals surface area contributed by atoms with Crippen LogP contribution in [0.4, 0.5) is 5.69 Å². The van der Waals surface area contributed by atoms with E-state index in [1.54, 1.807) is 31.4 Å². The molecule has 0 spiro atoms. The maximum atomic E-state index is 12.2. The number of methoxy groups -OCH3 is 1. The van der Waals surface area contributed by atoms with Crippen LogP contribution in [0.2, 0.25) is 0 Å². The Balaban J connectivity index is 1.91. The Kier molecular flexibility index (Phi) is 7.43. The minimum Gasteiger partial charge on any atom is -0.496 e. The van der Waals surface area contributed by atoms with Crippen LogP contribution in [0, 0.1) is 0 Å². The molecule has 2 rings (SSSR count). The smallest absolute Gasteiger partial charge is 0.269 e. The number of nitrogens with zero attached hydrogens (tertiary/aromatic N) is 1. The lowest BCUT2D eigenvalue weighted by molar-refractivity contribution is -0.117. The number of carbonyl (C=O) groups excluding carboxylic acids is 2. The Hall–Kier alpha value is -3.28. The molecule has 0 aliphatic carbocycles. The number of para-hydroxylation sites is 1. The predicted octanol–water partition coefficient (Wildman–Crippen LogP) is 3.02. The molecule has 0 aliphatic heterocycles. The van der Waals surface area contributed by atoms with E-state index in [2.05, 4.69) is 29.6 Å². The van der Waals surface area contributed by atoms with E-state index in [0.717, 1.165) is 24.3 Å². The van der Waals surface area contributed by atoms with Crippen molar-refractivity contribution in [1.29, 1.82) is 0 Å². The summed E-state index contributed by atoms with van der Waals surface area (Å²) in [4.78, 5) is 26.3. The van der Waals surface area contributed by atoms with Crippen LogP contribution in [0.5, 0.6) is 5.75 Å². The Morgan fingerprint density at radius 3 is 2.30 bits per heavy atom. The number of hydrazine groups is 1. The van der Waals surface area contributed by atoms with E-state index in [9.17, 15) is 9.59 Å². The van der Waals surface area contributed by atoms with Crippen molar-refractivity contribution >= 4 is 23.6 Å². The molecule has 0 bridgehead atoms. The summed E-state index contributed by atoms with van der Waals surface area (Å²) < 4.78 is 5.22. The number of anilines is 1. The van der Waals surface area contributed by atoms with Gasteiger partial charge in [0.1, 0.15) is 5.75 Å². The number of carbonyl (C=O) groups is 2. The van der Waals surface area contributed by atoms with Gasteiger partial charge in [-0.15, -0.1) is 0 Å². The van der Waals surface area contributed by atoms with Gasteiger partial charge in [-0.2, -0.15) is 0 Å². The Labute approximate surface area is 159 Å². The fraction of sp³-hybridized carbons (Fsp3) is 0.238. The lowest BCUT2D eigenvalue weighted by atomic mass is 10.2. The fourth-order valence-corrected chi connectivity index (χ4v) is 2.61. The van der Waals surface area contributed by atoms with E-state index in [0.29, 0.717) is 11.3 Å². The molecular formula is C21H25N3O3. The monoisotopic (exact) mass is 367 g/mol. The summed E-state index contributed by atoms with van der Waals surface area (Å²) in [6.45, 7) is 5.96. The summed E-state index contributed by atoms with van der Waals surface area (Å²) in [5.41, 5.74) is 7.08. The molecule has 0 saturated heterocycles. The molecule has 0 radical (unpaired) electrons. The first-order valence-electron chi connectivity index (χ1n) is 8.85. The molecule has 2 aromatic rings. The van der Waals surface area contributed by atoms with Gasteiger partial charge in [-0.25, -0.2) is 0 Å². The zero-order valence-electron chi connectivity index (χ0n) is 15.9. The summed E-state index contributed by atoms with van der Waals surface area (Å²) >= 11 is 0. The highest BCUT2D eigenvalue weighted by Gasteiger charge is 2.08. The lowest BCUT2D eigenvalue weighted by Crippen LogP contribution is -2.40. The molecule has 0 unspecified atom stereocenters. The van der Waals surface area contributed by atoms with Crippen molar-refractivity contribution in [1.82, 2.24) is 10.9 Å². The van der Waals surface area contributed by atoms with E-state index in [1.807, 2.05) is 30.3 Å². The summed E-state index contributed by atoms with van der Waals surface area (Å²) in [6.07, 6.45) is 2.96. The number of benzene rings is 2. The van der Waals surface area contributed by atoms with Gasteiger partial charge in [0.2, 0.25) is 0 Å². The Morgan fingerprint density at radius 2 is 1.67 bits per heavy atom. The summed E-state index contributed by atoms with van der Waals surface area (Å²) in [5, 5.41) is 0. The quantitative estimate of drug-likeness (QED) is 0.583. The number of amides is 2. The maximum absolute atomic E-state index is 12.2. The van der Waals surface area contributed by atoms with Crippen molar-refractivity contribution in [3.05, 3.63) is 65.7 Å². The van der Waals surface area contributed by atoms with Crippen molar-refractivity contribution in [3.8, 4) is 5.75 Å². The van der Waals surface area contributed by atoms with Gasteiger partial charge in [0.05, 0.1) is 7.11 Å². The van der Waals surface area contributed by atoms with Gasteiger partial charge in [-0.05, 0) is 50.3 Å².